The fourth-order valence-corrected chi connectivity index (χ4v) is 2.12. The summed E-state index contributed by atoms with van der Waals surface area (Å²) in [7, 11) is 0. The number of carboxylic acid groups (broad SMARTS) is 1. The van der Waals surface area contributed by atoms with E-state index in [2.05, 4.69) is 9.97 Å². The van der Waals surface area contributed by atoms with Crippen LogP contribution in [0.3, 0.4) is 0 Å². The number of hydrogen-bond acceptors (Lipinski definition) is 5. The highest BCUT2D eigenvalue weighted by atomic mass is 16.6. The van der Waals surface area contributed by atoms with E-state index in [0.717, 1.165) is 4.57 Å². The van der Waals surface area contributed by atoms with Crippen molar-refractivity contribution in [2.75, 3.05) is 0 Å². The highest BCUT2D eigenvalue weighted by molar-refractivity contribution is 5.78. The molecule has 8 heteroatoms. The van der Waals surface area contributed by atoms with Crippen molar-refractivity contribution < 1.29 is 14.8 Å². The van der Waals surface area contributed by atoms with Gasteiger partial charge in [0.1, 0.15) is 0 Å². The van der Waals surface area contributed by atoms with E-state index in [1.54, 1.807) is 18.3 Å². The number of pyridine rings is 1. The van der Waals surface area contributed by atoms with Gasteiger partial charge in [-0.05, 0) is 24.3 Å². The van der Waals surface area contributed by atoms with Gasteiger partial charge in [-0.3, -0.25) is 15.1 Å². The van der Waals surface area contributed by atoms with Gasteiger partial charge in [-0.15, -0.1) is 0 Å². The number of rotatable bonds is 3. The summed E-state index contributed by atoms with van der Waals surface area (Å²) in [6.07, 6.45) is 3.28. The molecule has 0 fully saturated rings. The van der Waals surface area contributed by atoms with Crippen molar-refractivity contribution in [3.8, 4) is 22.6 Å². The molecule has 0 bridgehead atoms. The average molecular weight is 310 g/mol. The molecule has 2 heterocycles. The maximum absolute atomic E-state index is 11.4. The number of nitro benzene ring substituents is 1. The molecule has 0 aliphatic heterocycles. The van der Waals surface area contributed by atoms with E-state index in [1.807, 2.05) is 0 Å². The summed E-state index contributed by atoms with van der Waals surface area (Å²) >= 11 is 0. The first-order valence-corrected chi connectivity index (χ1v) is 6.54. The number of nitrogens with zero attached hydrogens (tertiary/aromatic N) is 4. The minimum Gasteiger partial charge on any atom is -0.464 e. The van der Waals surface area contributed by atoms with Gasteiger partial charge in [-0.1, -0.05) is 0 Å². The Hall–Kier alpha value is -3.55. The predicted octanol–water partition coefficient (Wildman–Crippen LogP) is 3.05. The number of non-ortho nitro benzene ring substituents is 1. The van der Waals surface area contributed by atoms with Gasteiger partial charge in [0.05, 0.1) is 10.6 Å². The SMILES string of the molecule is O=C(O)n1cc(-c2ccc([N+](=O)[O-])cc2)nc1-c1cccnc1. The minimum absolute atomic E-state index is 0.0427. The van der Waals surface area contributed by atoms with Gasteiger partial charge in [-0.2, -0.15) is 0 Å². The molecule has 2 aromatic heterocycles. The summed E-state index contributed by atoms with van der Waals surface area (Å²) in [4.78, 5) is 29.9. The van der Waals surface area contributed by atoms with Crippen LogP contribution in [0.5, 0.6) is 0 Å². The summed E-state index contributed by atoms with van der Waals surface area (Å²) in [6.45, 7) is 0. The first-order valence-electron chi connectivity index (χ1n) is 6.54. The van der Waals surface area contributed by atoms with Gasteiger partial charge < -0.3 is 5.11 Å². The van der Waals surface area contributed by atoms with Crippen molar-refractivity contribution in [1.82, 2.24) is 14.5 Å². The van der Waals surface area contributed by atoms with Crippen LogP contribution in [0.1, 0.15) is 0 Å². The predicted molar refractivity (Wildman–Crippen MR) is 81.0 cm³/mol. The Labute approximate surface area is 129 Å². The fraction of sp³-hybridized carbons (Fsp3) is 0. The van der Waals surface area contributed by atoms with Crippen LogP contribution in [-0.4, -0.2) is 30.7 Å². The monoisotopic (exact) mass is 310 g/mol. The molecule has 0 spiro atoms. The fourth-order valence-electron chi connectivity index (χ4n) is 2.12. The van der Waals surface area contributed by atoms with Gasteiger partial charge in [0, 0.05) is 41.9 Å². The molecule has 3 aromatic rings. The lowest BCUT2D eigenvalue weighted by Crippen LogP contribution is -2.08. The summed E-state index contributed by atoms with van der Waals surface area (Å²) in [6, 6.07) is 9.13. The lowest BCUT2D eigenvalue weighted by molar-refractivity contribution is -0.384. The molecule has 0 unspecified atom stereocenters. The second-order valence-corrected chi connectivity index (χ2v) is 4.65. The second kappa shape index (κ2) is 5.68. The van der Waals surface area contributed by atoms with E-state index in [4.69, 9.17) is 0 Å². The van der Waals surface area contributed by atoms with Gasteiger partial charge in [0.2, 0.25) is 0 Å². The first-order chi connectivity index (χ1) is 11.1. The van der Waals surface area contributed by atoms with E-state index in [1.165, 1.54) is 36.7 Å². The Balaban J connectivity index is 2.07. The van der Waals surface area contributed by atoms with Crippen molar-refractivity contribution in [3.63, 3.8) is 0 Å². The zero-order valence-electron chi connectivity index (χ0n) is 11.7. The standard InChI is InChI=1S/C15H10N4O4/c20-15(21)18-9-13(10-3-5-12(6-4-10)19(22)23)17-14(18)11-2-1-7-16-8-11/h1-9H,(H,20,21). The third kappa shape index (κ3) is 2.77. The summed E-state index contributed by atoms with van der Waals surface area (Å²) < 4.78 is 0.994. The smallest absolute Gasteiger partial charge is 0.417 e. The molecule has 0 saturated heterocycles. The highest BCUT2D eigenvalue weighted by Crippen LogP contribution is 2.25. The molecule has 3 rings (SSSR count). The maximum Gasteiger partial charge on any atom is 0.417 e. The lowest BCUT2D eigenvalue weighted by Gasteiger charge is -2.00. The highest BCUT2D eigenvalue weighted by Gasteiger charge is 2.16. The quantitative estimate of drug-likeness (QED) is 0.588. The second-order valence-electron chi connectivity index (χ2n) is 4.65. The summed E-state index contributed by atoms with van der Waals surface area (Å²) in [5.41, 5.74) is 1.50. The average Bonchev–Trinajstić information content (AvgIpc) is 3.01. The number of carbonyl (C=O) groups is 1. The number of imidazole rings is 1. The van der Waals surface area contributed by atoms with Crippen LogP contribution in [0.2, 0.25) is 0 Å². The van der Waals surface area contributed by atoms with E-state index in [-0.39, 0.29) is 11.5 Å². The molecular formula is C15H10N4O4. The van der Waals surface area contributed by atoms with Crippen molar-refractivity contribution in [2.45, 2.75) is 0 Å². The zero-order chi connectivity index (χ0) is 16.4. The Morgan fingerprint density at radius 3 is 2.48 bits per heavy atom. The molecule has 1 aromatic carbocycles. The Morgan fingerprint density at radius 2 is 1.91 bits per heavy atom. The van der Waals surface area contributed by atoms with Crippen LogP contribution in [0.15, 0.2) is 55.0 Å². The number of benzene rings is 1. The maximum atomic E-state index is 11.4. The topological polar surface area (TPSA) is 111 Å². The molecule has 8 nitrogen and oxygen atoms in total. The van der Waals surface area contributed by atoms with Gasteiger partial charge >= 0.3 is 6.09 Å². The molecule has 0 amide bonds. The summed E-state index contributed by atoms with van der Waals surface area (Å²) in [5, 5.41) is 20.0. The normalized spacial score (nSPS) is 10.4. The van der Waals surface area contributed by atoms with E-state index >= 15 is 0 Å². The molecule has 1 N–H and O–H groups in total. The molecule has 23 heavy (non-hydrogen) atoms. The third-order valence-electron chi connectivity index (χ3n) is 3.21. The molecule has 0 aliphatic carbocycles. The first kappa shape index (κ1) is 14.4. The third-order valence-corrected chi connectivity index (χ3v) is 3.21. The molecular weight excluding hydrogens is 300 g/mol. The summed E-state index contributed by atoms with van der Waals surface area (Å²) in [5.74, 6) is 0.235. The number of nitro groups is 1. The van der Waals surface area contributed by atoms with Crippen LogP contribution in [-0.2, 0) is 0 Å². The van der Waals surface area contributed by atoms with E-state index < -0.39 is 11.0 Å². The van der Waals surface area contributed by atoms with Crippen molar-refractivity contribution >= 4 is 11.8 Å². The minimum atomic E-state index is -1.18. The Bertz CT molecular complexity index is 872. The van der Waals surface area contributed by atoms with Crippen molar-refractivity contribution in [3.05, 3.63) is 65.1 Å². The van der Waals surface area contributed by atoms with Crippen LogP contribution in [0.4, 0.5) is 10.5 Å². The Kier molecular flexibility index (Phi) is 3.55. The van der Waals surface area contributed by atoms with Gasteiger partial charge in [-0.25, -0.2) is 14.3 Å². The van der Waals surface area contributed by atoms with Crippen LogP contribution >= 0.6 is 0 Å². The Morgan fingerprint density at radius 1 is 1.17 bits per heavy atom. The number of aromatic nitrogens is 3. The van der Waals surface area contributed by atoms with Crippen LogP contribution in [0.25, 0.3) is 22.6 Å². The largest absolute Gasteiger partial charge is 0.464 e. The van der Waals surface area contributed by atoms with Crippen LogP contribution < -0.4 is 0 Å². The van der Waals surface area contributed by atoms with Gasteiger partial charge in [0.15, 0.2) is 5.82 Å². The lowest BCUT2D eigenvalue weighted by atomic mass is 10.1. The molecule has 0 atom stereocenters. The zero-order valence-corrected chi connectivity index (χ0v) is 11.7. The van der Waals surface area contributed by atoms with Crippen LogP contribution in [0, 0.1) is 10.1 Å². The van der Waals surface area contributed by atoms with E-state index in [0.29, 0.717) is 16.8 Å². The molecule has 114 valence electrons. The molecule has 0 radical (unpaired) electrons. The molecule has 0 saturated carbocycles. The van der Waals surface area contributed by atoms with Gasteiger partial charge in [0.25, 0.3) is 5.69 Å². The van der Waals surface area contributed by atoms with Crippen molar-refractivity contribution in [2.24, 2.45) is 0 Å². The van der Waals surface area contributed by atoms with Crippen molar-refractivity contribution in [1.29, 1.82) is 0 Å². The molecule has 0 aliphatic rings. The number of hydrogen-bond donors (Lipinski definition) is 1. The van der Waals surface area contributed by atoms with E-state index in [9.17, 15) is 20.0 Å².